The molecule has 0 radical (unpaired) electrons. The number of allylic oxidation sites excluding steroid dienone is 1. The molecule has 0 amide bonds. The number of benzene rings is 3. The number of fused-ring (bicyclic) bond motifs is 4. The number of nitrogens with zero attached hydrogens (tertiary/aromatic N) is 1. The average Bonchev–Trinajstić information content (AvgIpc) is 3.57. The maximum atomic E-state index is 13.2. The number of carbonyl (C=O) groups excluding carboxylic acids is 2. The van der Waals surface area contributed by atoms with Crippen molar-refractivity contribution in [1.29, 1.82) is 0 Å². The van der Waals surface area contributed by atoms with Crippen molar-refractivity contribution in [3.63, 3.8) is 0 Å². The predicted molar refractivity (Wildman–Crippen MR) is 141 cm³/mol. The molecule has 0 fully saturated rings. The predicted octanol–water partition coefficient (Wildman–Crippen LogP) is 3.85. The van der Waals surface area contributed by atoms with Gasteiger partial charge in [0.05, 0.1) is 0 Å². The van der Waals surface area contributed by atoms with Crippen molar-refractivity contribution in [2.24, 2.45) is 0 Å². The topological polar surface area (TPSA) is 37.4 Å². The third kappa shape index (κ3) is 3.16. The molecule has 1 aliphatic heterocycles. The van der Waals surface area contributed by atoms with E-state index in [-0.39, 0.29) is 55.5 Å². The van der Waals surface area contributed by atoms with E-state index in [1.165, 1.54) is 29.1 Å². The van der Waals surface area contributed by atoms with Crippen LogP contribution < -0.4 is 13.8 Å². The minimum atomic E-state index is -0.142. The molecular formula is C28H15NO2Se3. The molecule has 5 aromatic rings. The van der Waals surface area contributed by atoms with Gasteiger partial charge < -0.3 is 0 Å². The monoisotopic (exact) mass is 637 g/mol. The zero-order valence-electron chi connectivity index (χ0n) is 17.6. The quantitative estimate of drug-likeness (QED) is 0.165. The van der Waals surface area contributed by atoms with Crippen LogP contribution >= 0.6 is 0 Å². The zero-order valence-corrected chi connectivity index (χ0v) is 22.8. The standard InChI is InChI=1S/C28H15NO2Se3/c30-27-18-13-16-11-12-32-25(16)15-19(18)28(31)20(27)14-17-9-10-26(33-17)29-21-5-1-3-7-23(21)34-24-8-4-2-6-22(24)29/h1-15H/b20-14-. The van der Waals surface area contributed by atoms with Gasteiger partial charge in [0.1, 0.15) is 0 Å². The molecule has 162 valence electrons. The summed E-state index contributed by atoms with van der Waals surface area (Å²) in [6.45, 7) is 0. The molecule has 0 spiro atoms. The first-order chi connectivity index (χ1) is 16.7. The minimum absolute atomic E-state index is 0.0134. The first kappa shape index (κ1) is 20.7. The van der Waals surface area contributed by atoms with Gasteiger partial charge in [-0.2, -0.15) is 0 Å². The van der Waals surface area contributed by atoms with Crippen molar-refractivity contribution in [3.05, 3.63) is 105 Å². The average molecular weight is 634 g/mol. The number of hydrogen-bond acceptors (Lipinski definition) is 3. The Bertz CT molecular complexity index is 1590. The van der Waals surface area contributed by atoms with Crippen molar-refractivity contribution < 1.29 is 9.59 Å². The van der Waals surface area contributed by atoms with E-state index >= 15 is 0 Å². The third-order valence-corrected chi connectivity index (χ3v) is 12.5. The molecule has 1 aliphatic carbocycles. The Kier molecular flexibility index (Phi) is 4.82. The molecule has 34 heavy (non-hydrogen) atoms. The van der Waals surface area contributed by atoms with Gasteiger partial charge in [-0.1, -0.05) is 0 Å². The molecule has 6 heteroatoms. The fraction of sp³-hybridized carbons (Fsp3) is 0. The van der Waals surface area contributed by atoms with E-state index in [0.29, 0.717) is 16.7 Å². The van der Waals surface area contributed by atoms with E-state index in [4.69, 9.17) is 0 Å². The Hall–Kier alpha value is -2.68. The van der Waals surface area contributed by atoms with Gasteiger partial charge >= 0.3 is 216 Å². The second-order valence-electron chi connectivity index (χ2n) is 8.12. The van der Waals surface area contributed by atoms with E-state index < -0.39 is 0 Å². The number of para-hydroxylation sites is 2. The second kappa shape index (κ2) is 7.93. The van der Waals surface area contributed by atoms with Gasteiger partial charge in [-0.15, -0.1) is 0 Å². The van der Waals surface area contributed by atoms with Crippen LogP contribution in [0.2, 0.25) is 0 Å². The van der Waals surface area contributed by atoms with Crippen LogP contribution in [0.3, 0.4) is 0 Å². The summed E-state index contributed by atoms with van der Waals surface area (Å²) in [4.78, 5) is 30.8. The Morgan fingerprint density at radius 2 is 1.41 bits per heavy atom. The fourth-order valence-corrected chi connectivity index (χ4v) is 10.5. The number of rotatable bonds is 2. The van der Waals surface area contributed by atoms with Crippen molar-refractivity contribution >= 4 is 96.1 Å². The van der Waals surface area contributed by atoms with E-state index in [9.17, 15) is 9.59 Å². The molecule has 2 aromatic heterocycles. The third-order valence-electron chi connectivity index (χ3n) is 6.12. The van der Waals surface area contributed by atoms with Gasteiger partial charge in [0.15, 0.2) is 0 Å². The summed E-state index contributed by atoms with van der Waals surface area (Å²) in [5.41, 5.74) is 3.91. The van der Waals surface area contributed by atoms with Crippen LogP contribution in [-0.2, 0) is 0 Å². The van der Waals surface area contributed by atoms with Crippen LogP contribution in [0.15, 0.2) is 89.4 Å². The first-order valence-corrected chi connectivity index (χ1v) is 16.0. The summed E-state index contributed by atoms with van der Waals surface area (Å²) in [5.74, 6) is -0.274. The van der Waals surface area contributed by atoms with E-state index in [0.717, 1.165) is 9.82 Å². The fourth-order valence-electron chi connectivity index (χ4n) is 4.53. The van der Waals surface area contributed by atoms with Crippen LogP contribution in [0.4, 0.5) is 15.9 Å². The van der Waals surface area contributed by atoms with Crippen LogP contribution in [0.1, 0.15) is 25.2 Å². The van der Waals surface area contributed by atoms with Crippen molar-refractivity contribution in [2.75, 3.05) is 4.90 Å². The number of hydrogen-bond donors (Lipinski definition) is 0. The molecule has 0 saturated carbocycles. The van der Waals surface area contributed by atoms with E-state index in [2.05, 4.69) is 76.6 Å². The molecule has 3 heterocycles. The summed E-state index contributed by atoms with van der Waals surface area (Å²) < 4.78 is 6.20. The van der Waals surface area contributed by atoms with E-state index in [1.807, 2.05) is 18.2 Å². The van der Waals surface area contributed by atoms with Crippen LogP contribution in [0.5, 0.6) is 0 Å². The van der Waals surface area contributed by atoms with Gasteiger partial charge in [-0.05, 0) is 0 Å². The molecule has 3 nitrogen and oxygen atoms in total. The Balaban J connectivity index is 1.30. The summed E-state index contributed by atoms with van der Waals surface area (Å²) in [7, 11) is 0. The summed E-state index contributed by atoms with van der Waals surface area (Å²) in [6, 6.07) is 27.3. The van der Waals surface area contributed by atoms with Crippen LogP contribution in [0, 0.1) is 0 Å². The molecule has 0 unspecified atom stereocenters. The normalized spacial score (nSPS) is 15.6. The van der Waals surface area contributed by atoms with Crippen molar-refractivity contribution in [2.45, 2.75) is 0 Å². The Morgan fingerprint density at radius 3 is 2.15 bits per heavy atom. The molecule has 0 saturated heterocycles. The van der Waals surface area contributed by atoms with Crippen molar-refractivity contribution in [1.82, 2.24) is 0 Å². The van der Waals surface area contributed by atoms with E-state index in [1.54, 1.807) is 0 Å². The molecule has 7 rings (SSSR count). The number of carbonyl (C=O) groups is 2. The molecule has 0 N–H and O–H groups in total. The summed E-state index contributed by atoms with van der Waals surface area (Å²) in [6.07, 6.45) is 1.84. The molecular weight excluding hydrogens is 619 g/mol. The van der Waals surface area contributed by atoms with Crippen LogP contribution in [0.25, 0.3) is 15.7 Å². The Labute approximate surface area is 214 Å². The van der Waals surface area contributed by atoms with Gasteiger partial charge in [0, 0.05) is 0 Å². The second-order valence-corrected chi connectivity index (χ2v) is 14.7. The number of Topliss-reactive ketones (excluding diaryl/α,β-unsaturated/α-hetero) is 2. The van der Waals surface area contributed by atoms with Crippen molar-refractivity contribution in [3.8, 4) is 0 Å². The molecule has 3 aromatic carbocycles. The molecule has 0 atom stereocenters. The van der Waals surface area contributed by atoms with Crippen LogP contribution in [-0.4, -0.2) is 55.5 Å². The zero-order chi connectivity index (χ0) is 22.8. The summed E-state index contributed by atoms with van der Waals surface area (Å²) >= 11 is 0.512. The maximum absolute atomic E-state index is 13.2. The number of ketones is 2. The van der Waals surface area contributed by atoms with Gasteiger partial charge in [-0.3, -0.25) is 0 Å². The Morgan fingerprint density at radius 1 is 0.735 bits per heavy atom. The molecule has 0 bridgehead atoms. The SMILES string of the molecule is O=C1/C(=C/c2ccc(N3c4ccccc4[Se]c4ccccc43)[se]2)C(=O)c2cc3[se]ccc3cc21. The van der Waals surface area contributed by atoms with Gasteiger partial charge in [-0.25, -0.2) is 0 Å². The summed E-state index contributed by atoms with van der Waals surface area (Å²) in [5, 5.41) is 1.08. The van der Waals surface area contributed by atoms with Gasteiger partial charge in [0.25, 0.3) is 0 Å². The first-order valence-electron chi connectivity index (χ1n) is 10.8. The molecule has 2 aliphatic rings. The number of anilines is 3. The van der Waals surface area contributed by atoms with Gasteiger partial charge in [0.2, 0.25) is 0 Å².